The van der Waals surface area contributed by atoms with Gasteiger partial charge >= 0.3 is 0 Å². The Morgan fingerprint density at radius 1 is 1.43 bits per heavy atom. The van der Waals surface area contributed by atoms with Crippen LogP contribution in [0.25, 0.3) is 11.0 Å². The first-order valence-electron chi connectivity index (χ1n) is 3.89. The summed E-state index contributed by atoms with van der Waals surface area (Å²) < 4.78 is 21.8. The van der Waals surface area contributed by atoms with E-state index in [1.165, 1.54) is 6.33 Å². The van der Waals surface area contributed by atoms with Crippen LogP contribution in [0.2, 0.25) is 0 Å². The predicted octanol–water partition coefficient (Wildman–Crippen LogP) is 1.63. The maximum absolute atomic E-state index is 10.9. The number of benzene rings is 1. The molecular formula is C8H7ClN2O2S. The van der Waals surface area contributed by atoms with E-state index in [-0.39, 0.29) is 5.75 Å². The largest absolute Gasteiger partial charge is 0.345 e. The molecule has 0 atom stereocenters. The molecule has 0 unspecified atom stereocenters. The van der Waals surface area contributed by atoms with Crippen molar-refractivity contribution < 1.29 is 8.42 Å². The molecule has 6 heteroatoms. The van der Waals surface area contributed by atoms with E-state index in [2.05, 4.69) is 9.97 Å². The molecule has 0 aliphatic carbocycles. The third-order valence-electron chi connectivity index (χ3n) is 1.86. The first kappa shape index (κ1) is 9.48. The van der Waals surface area contributed by atoms with Gasteiger partial charge in [0.05, 0.1) is 23.1 Å². The lowest BCUT2D eigenvalue weighted by Gasteiger charge is -1.98. The smallest absolute Gasteiger partial charge is 0.236 e. The quantitative estimate of drug-likeness (QED) is 0.798. The molecule has 2 aromatic rings. The number of rotatable bonds is 2. The van der Waals surface area contributed by atoms with Crippen molar-refractivity contribution in [2.24, 2.45) is 0 Å². The molecule has 2 rings (SSSR count). The zero-order valence-corrected chi connectivity index (χ0v) is 8.64. The molecule has 0 radical (unpaired) electrons. The summed E-state index contributed by atoms with van der Waals surface area (Å²) in [6, 6.07) is 5.29. The van der Waals surface area contributed by atoms with Crippen molar-refractivity contribution in [3.05, 3.63) is 30.1 Å². The summed E-state index contributed by atoms with van der Waals surface area (Å²) in [6.07, 6.45) is 1.52. The van der Waals surface area contributed by atoms with Gasteiger partial charge < -0.3 is 4.98 Å². The molecule has 0 amide bonds. The van der Waals surface area contributed by atoms with Gasteiger partial charge in [0.1, 0.15) is 0 Å². The fraction of sp³-hybridized carbons (Fsp3) is 0.125. The van der Waals surface area contributed by atoms with Crippen molar-refractivity contribution in [3.63, 3.8) is 0 Å². The lowest BCUT2D eigenvalue weighted by atomic mass is 10.2. The molecule has 0 saturated carbocycles. The summed E-state index contributed by atoms with van der Waals surface area (Å²) in [5, 5.41) is 0. The number of fused-ring (bicyclic) bond motifs is 1. The van der Waals surface area contributed by atoms with Crippen LogP contribution < -0.4 is 0 Å². The van der Waals surface area contributed by atoms with Crippen LogP contribution in [0, 0.1) is 0 Å². The average molecular weight is 231 g/mol. The van der Waals surface area contributed by atoms with E-state index >= 15 is 0 Å². The Labute approximate surface area is 85.3 Å². The molecule has 74 valence electrons. The van der Waals surface area contributed by atoms with Gasteiger partial charge in [0, 0.05) is 10.7 Å². The predicted molar refractivity (Wildman–Crippen MR) is 54.6 cm³/mol. The highest BCUT2D eigenvalue weighted by Crippen LogP contribution is 2.18. The Kier molecular flexibility index (Phi) is 2.20. The summed E-state index contributed by atoms with van der Waals surface area (Å²) in [4.78, 5) is 6.92. The monoisotopic (exact) mass is 230 g/mol. The minimum Gasteiger partial charge on any atom is -0.345 e. The van der Waals surface area contributed by atoms with Gasteiger partial charge in [0.15, 0.2) is 0 Å². The first-order valence-corrected chi connectivity index (χ1v) is 6.37. The summed E-state index contributed by atoms with van der Waals surface area (Å²) in [7, 11) is 1.64. The van der Waals surface area contributed by atoms with Crippen molar-refractivity contribution in [3.8, 4) is 0 Å². The highest BCUT2D eigenvalue weighted by molar-refractivity contribution is 8.13. The standard InChI is InChI=1S/C8H7ClN2O2S/c9-14(12,13)4-6-2-1-3-7-8(6)11-5-10-7/h1-3,5H,4H2,(H,10,11). The van der Waals surface area contributed by atoms with Crippen LogP contribution in [0.15, 0.2) is 24.5 Å². The molecule has 0 aliphatic rings. The molecule has 1 heterocycles. The van der Waals surface area contributed by atoms with Crippen molar-refractivity contribution in [1.29, 1.82) is 0 Å². The van der Waals surface area contributed by atoms with Crippen LogP contribution in [0.5, 0.6) is 0 Å². The molecule has 1 N–H and O–H groups in total. The zero-order chi connectivity index (χ0) is 10.2. The number of aromatic nitrogens is 2. The summed E-state index contributed by atoms with van der Waals surface area (Å²) >= 11 is 0. The molecule has 1 aromatic carbocycles. The van der Waals surface area contributed by atoms with Gasteiger partial charge in [0.25, 0.3) is 0 Å². The van der Waals surface area contributed by atoms with Gasteiger partial charge in [-0.05, 0) is 11.6 Å². The molecular weight excluding hydrogens is 224 g/mol. The van der Waals surface area contributed by atoms with E-state index in [1.54, 1.807) is 12.1 Å². The second-order valence-electron chi connectivity index (χ2n) is 2.90. The molecule has 4 nitrogen and oxygen atoms in total. The average Bonchev–Trinajstić information content (AvgIpc) is 2.49. The lowest BCUT2D eigenvalue weighted by molar-refractivity contribution is 0.609. The summed E-state index contributed by atoms with van der Waals surface area (Å²) in [5.41, 5.74) is 2.07. The van der Waals surface area contributed by atoms with Crippen LogP contribution in [0.1, 0.15) is 5.56 Å². The number of hydrogen-bond acceptors (Lipinski definition) is 3. The van der Waals surface area contributed by atoms with Gasteiger partial charge in [-0.25, -0.2) is 13.4 Å². The van der Waals surface area contributed by atoms with Gasteiger partial charge in [-0.1, -0.05) is 12.1 Å². The van der Waals surface area contributed by atoms with Crippen molar-refractivity contribution in [1.82, 2.24) is 9.97 Å². The normalized spacial score (nSPS) is 12.1. The van der Waals surface area contributed by atoms with Gasteiger partial charge in [-0.15, -0.1) is 0 Å². The second kappa shape index (κ2) is 3.25. The van der Waals surface area contributed by atoms with E-state index in [0.717, 1.165) is 5.52 Å². The van der Waals surface area contributed by atoms with Crippen LogP contribution in [0.3, 0.4) is 0 Å². The number of hydrogen-bond donors (Lipinski definition) is 1. The topological polar surface area (TPSA) is 62.8 Å². The summed E-state index contributed by atoms with van der Waals surface area (Å²) in [6.45, 7) is 0. The van der Waals surface area contributed by atoms with Crippen molar-refractivity contribution in [2.75, 3.05) is 0 Å². The number of nitrogens with zero attached hydrogens (tertiary/aromatic N) is 1. The summed E-state index contributed by atoms with van der Waals surface area (Å²) in [5.74, 6) is -0.198. The van der Waals surface area contributed by atoms with Crippen LogP contribution in [-0.2, 0) is 14.8 Å². The van der Waals surface area contributed by atoms with E-state index in [9.17, 15) is 8.42 Å². The highest BCUT2D eigenvalue weighted by Gasteiger charge is 2.11. The number of aromatic amines is 1. The third kappa shape index (κ3) is 1.88. The van der Waals surface area contributed by atoms with Crippen molar-refractivity contribution in [2.45, 2.75) is 5.75 Å². The highest BCUT2D eigenvalue weighted by atomic mass is 35.7. The Bertz CT molecular complexity index is 561. The maximum atomic E-state index is 10.9. The Hall–Kier alpha value is -1.07. The Balaban J connectivity index is 2.57. The molecule has 0 spiro atoms. The van der Waals surface area contributed by atoms with Crippen LogP contribution in [-0.4, -0.2) is 18.4 Å². The third-order valence-corrected chi connectivity index (χ3v) is 2.84. The van der Waals surface area contributed by atoms with E-state index in [1.807, 2.05) is 6.07 Å². The second-order valence-corrected chi connectivity index (χ2v) is 5.68. The van der Waals surface area contributed by atoms with E-state index in [0.29, 0.717) is 11.1 Å². The van der Waals surface area contributed by atoms with Crippen molar-refractivity contribution >= 4 is 30.8 Å². The number of halogens is 1. The fourth-order valence-corrected chi connectivity index (χ4v) is 2.29. The Morgan fingerprint density at radius 2 is 2.21 bits per heavy atom. The maximum Gasteiger partial charge on any atom is 0.236 e. The number of para-hydroxylation sites is 1. The van der Waals surface area contributed by atoms with E-state index in [4.69, 9.17) is 10.7 Å². The Morgan fingerprint density at radius 3 is 2.93 bits per heavy atom. The molecule has 0 bridgehead atoms. The lowest BCUT2D eigenvalue weighted by Crippen LogP contribution is -1.95. The van der Waals surface area contributed by atoms with Gasteiger partial charge in [0.2, 0.25) is 9.05 Å². The van der Waals surface area contributed by atoms with Crippen LogP contribution >= 0.6 is 10.7 Å². The minimum absolute atomic E-state index is 0.198. The fourth-order valence-electron chi connectivity index (χ4n) is 1.33. The van der Waals surface area contributed by atoms with Crippen LogP contribution in [0.4, 0.5) is 0 Å². The zero-order valence-electron chi connectivity index (χ0n) is 7.07. The number of nitrogens with one attached hydrogen (secondary N) is 1. The first-order chi connectivity index (χ1) is 6.56. The van der Waals surface area contributed by atoms with Gasteiger partial charge in [-0.2, -0.15) is 0 Å². The SMILES string of the molecule is O=S(=O)(Cl)Cc1cccc2[nH]cnc12. The molecule has 14 heavy (non-hydrogen) atoms. The molecule has 0 aliphatic heterocycles. The van der Waals surface area contributed by atoms with Gasteiger partial charge in [-0.3, -0.25) is 0 Å². The number of H-pyrrole nitrogens is 1. The number of imidazole rings is 1. The molecule has 0 fully saturated rings. The minimum atomic E-state index is -3.53. The molecule has 1 aromatic heterocycles. The van der Waals surface area contributed by atoms with E-state index < -0.39 is 9.05 Å². The molecule has 0 saturated heterocycles.